The van der Waals surface area contributed by atoms with Crippen LogP contribution >= 0.6 is 0 Å². The zero-order valence-electron chi connectivity index (χ0n) is 4.77. The predicted molar refractivity (Wildman–Crippen MR) is 31.1 cm³/mol. The van der Waals surface area contributed by atoms with Gasteiger partial charge >= 0.3 is 0 Å². The first-order chi connectivity index (χ1) is 2.83. The molecule has 0 fully saturated rings. The third-order valence-corrected chi connectivity index (χ3v) is 0. The molecule has 0 atom stereocenters. The van der Waals surface area contributed by atoms with Crippen molar-refractivity contribution in [1.82, 2.24) is 0 Å². The first kappa shape index (κ1) is 22.8. The normalized spacial score (nSPS) is 3.25. The van der Waals surface area contributed by atoms with Crippen molar-refractivity contribution in [1.29, 1.82) is 0 Å². The second-order valence-electron chi connectivity index (χ2n) is 0.577. The average Bonchev–Trinajstić information content (AvgIpc) is 1.39. The number of rotatable bonds is 0. The Morgan fingerprint density at radius 3 is 0.875 bits per heavy atom. The fourth-order valence-corrected chi connectivity index (χ4v) is 0. The molecular formula is C6H10BrSm-. The molecule has 0 bridgehead atoms. The van der Waals surface area contributed by atoms with E-state index in [1.165, 1.54) is 12.2 Å². The predicted octanol–water partition coefficient (Wildman–Crippen LogP) is -0.983. The molecule has 0 aromatic rings. The minimum absolute atomic E-state index is 0. The minimum Gasteiger partial charge on any atom is -1.00 e. The molecule has 0 saturated heterocycles. The van der Waals surface area contributed by atoms with E-state index < -0.39 is 0 Å². The SMILES string of the molecule is [Br-].[CH2]C=C.[CH2]C=C.[Sm]. The molecule has 0 heterocycles. The molecule has 8 heavy (non-hydrogen) atoms. The van der Waals surface area contributed by atoms with E-state index in [0.717, 1.165) is 0 Å². The van der Waals surface area contributed by atoms with Crippen molar-refractivity contribution in [2.45, 2.75) is 0 Å². The van der Waals surface area contributed by atoms with Crippen LogP contribution in [0.2, 0.25) is 0 Å². The van der Waals surface area contributed by atoms with Gasteiger partial charge in [0.15, 0.2) is 0 Å². The second-order valence-corrected chi connectivity index (χ2v) is 0.577. The second kappa shape index (κ2) is 40.6. The molecule has 0 aromatic heterocycles. The zero-order valence-corrected chi connectivity index (χ0v) is 8.97. The first-order valence-corrected chi connectivity index (χ1v) is 1.63. The zero-order chi connectivity index (χ0) is 5.41. The van der Waals surface area contributed by atoms with Gasteiger partial charge in [0.25, 0.3) is 0 Å². The standard InChI is InChI=1S/2C3H5.BrH.Sm/c2*1-3-2;;/h2*3H,1-2H2;1H;/p-1. The Balaban J connectivity index is -0.0000000160. The van der Waals surface area contributed by atoms with Crippen molar-refractivity contribution in [3.05, 3.63) is 39.2 Å². The summed E-state index contributed by atoms with van der Waals surface area (Å²) in [5, 5.41) is 0. The van der Waals surface area contributed by atoms with Gasteiger partial charge in [-0.3, -0.25) is 0 Å². The average molecular weight is 312 g/mol. The van der Waals surface area contributed by atoms with Crippen LogP contribution in [-0.4, -0.2) is 0 Å². The summed E-state index contributed by atoms with van der Waals surface area (Å²) in [7, 11) is 0. The third-order valence-electron chi connectivity index (χ3n) is 0. The van der Waals surface area contributed by atoms with Gasteiger partial charge in [0.2, 0.25) is 0 Å². The molecule has 0 spiro atoms. The molecule has 0 nitrogen and oxygen atoms in total. The molecular weight excluding hydrogens is 302 g/mol. The monoisotopic (exact) mass is 313 g/mol. The Labute approximate surface area is 95.3 Å². The van der Waals surface area contributed by atoms with Crippen LogP contribution in [0.15, 0.2) is 25.3 Å². The van der Waals surface area contributed by atoms with Gasteiger partial charge in [-0.25, -0.2) is 0 Å². The summed E-state index contributed by atoms with van der Waals surface area (Å²) >= 11 is 0. The van der Waals surface area contributed by atoms with E-state index >= 15 is 0 Å². The molecule has 0 N–H and O–H groups in total. The molecule has 2 radical (unpaired) electrons. The van der Waals surface area contributed by atoms with Crippen LogP contribution in [0.4, 0.5) is 0 Å². The Bertz CT molecular complexity index is 29.5. The fourth-order valence-electron chi connectivity index (χ4n) is 0. The van der Waals surface area contributed by atoms with Crippen molar-refractivity contribution in [2.24, 2.45) is 0 Å². The maximum Gasteiger partial charge on any atom is 0 e. The van der Waals surface area contributed by atoms with E-state index in [1.54, 1.807) is 0 Å². The van der Waals surface area contributed by atoms with Crippen molar-refractivity contribution in [2.75, 3.05) is 0 Å². The van der Waals surface area contributed by atoms with E-state index in [1.807, 2.05) is 0 Å². The maximum atomic E-state index is 3.25. The van der Waals surface area contributed by atoms with Crippen LogP contribution in [0.5, 0.6) is 0 Å². The van der Waals surface area contributed by atoms with Gasteiger partial charge in [-0.05, 0) is 13.8 Å². The molecule has 2 heteroatoms. The van der Waals surface area contributed by atoms with E-state index in [4.69, 9.17) is 0 Å². The number of halogens is 1. The van der Waals surface area contributed by atoms with Crippen LogP contribution in [0.1, 0.15) is 0 Å². The fraction of sp³-hybridized carbons (Fsp3) is 0. The van der Waals surface area contributed by atoms with Crippen molar-refractivity contribution in [3.8, 4) is 0 Å². The Morgan fingerprint density at radius 1 is 0.875 bits per heavy atom. The minimum atomic E-state index is 0. The van der Waals surface area contributed by atoms with Gasteiger partial charge in [-0.2, -0.15) is 0 Å². The molecule has 48 valence electrons. The molecule has 0 amide bonds. The van der Waals surface area contributed by atoms with E-state index in [0.29, 0.717) is 0 Å². The largest absolute Gasteiger partial charge is 1.00 e. The summed E-state index contributed by atoms with van der Waals surface area (Å²) in [5.74, 6) is 0. The molecule has 0 aliphatic rings. The topological polar surface area (TPSA) is 0 Å². The van der Waals surface area contributed by atoms with Crippen molar-refractivity contribution >= 4 is 0 Å². The van der Waals surface area contributed by atoms with Gasteiger partial charge in [0.05, 0.1) is 0 Å². The molecule has 0 unspecified atom stereocenters. The number of hydrogen-bond donors (Lipinski definition) is 0. The summed E-state index contributed by atoms with van der Waals surface area (Å²) in [4.78, 5) is 0. The van der Waals surface area contributed by atoms with Gasteiger partial charge in [-0.1, -0.05) is 12.2 Å². The van der Waals surface area contributed by atoms with Crippen LogP contribution in [0.3, 0.4) is 0 Å². The summed E-state index contributed by atoms with van der Waals surface area (Å²) in [6.45, 7) is 13.0. The summed E-state index contributed by atoms with van der Waals surface area (Å²) in [6, 6.07) is 0. The van der Waals surface area contributed by atoms with Crippen molar-refractivity contribution in [3.63, 3.8) is 0 Å². The van der Waals surface area contributed by atoms with Gasteiger partial charge < -0.3 is 17.0 Å². The van der Waals surface area contributed by atoms with E-state index in [9.17, 15) is 0 Å². The first-order valence-electron chi connectivity index (χ1n) is 1.63. The quantitative estimate of drug-likeness (QED) is 0.539. The van der Waals surface area contributed by atoms with Crippen LogP contribution in [0, 0.1) is 54.2 Å². The molecule has 0 rings (SSSR count). The molecule has 0 aromatic carbocycles. The molecule has 0 saturated carbocycles. The smallest absolute Gasteiger partial charge is 0 e. The van der Waals surface area contributed by atoms with Crippen LogP contribution in [0.25, 0.3) is 0 Å². The van der Waals surface area contributed by atoms with Crippen molar-refractivity contribution < 1.29 is 57.4 Å². The van der Waals surface area contributed by atoms with Crippen LogP contribution in [-0.2, 0) is 0 Å². The number of allylic oxidation sites excluding steroid dienone is 2. The summed E-state index contributed by atoms with van der Waals surface area (Å²) in [5.41, 5.74) is 0. The Morgan fingerprint density at radius 2 is 0.875 bits per heavy atom. The molecule has 0 aliphatic carbocycles. The van der Waals surface area contributed by atoms with E-state index in [-0.39, 0.29) is 57.4 Å². The Kier molecular flexibility index (Phi) is 116. The van der Waals surface area contributed by atoms with E-state index in [2.05, 4.69) is 27.0 Å². The van der Waals surface area contributed by atoms with Gasteiger partial charge in [-0.15, -0.1) is 13.2 Å². The van der Waals surface area contributed by atoms with Crippen LogP contribution < -0.4 is 17.0 Å². The summed E-state index contributed by atoms with van der Waals surface area (Å²) < 4.78 is 0. The Hall–Kier alpha value is 1.30. The summed E-state index contributed by atoms with van der Waals surface area (Å²) in [6.07, 6.45) is 3.00. The maximum absolute atomic E-state index is 3.25. The number of hydrogen-bond acceptors (Lipinski definition) is 0. The van der Waals surface area contributed by atoms with Gasteiger partial charge in [0, 0.05) is 40.4 Å². The molecule has 0 aliphatic heterocycles. The third kappa shape index (κ3) is 172. The van der Waals surface area contributed by atoms with Gasteiger partial charge in [0.1, 0.15) is 0 Å².